The van der Waals surface area contributed by atoms with Crippen LogP contribution in [0.4, 0.5) is 0 Å². The van der Waals surface area contributed by atoms with E-state index in [0.717, 1.165) is 16.3 Å². The highest BCUT2D eigenvalue weighted by molar-refractivity contribution is 5.92. The number of piperidine rings is 1. The summed E-state index contributed by atoms with van der Waals surface area (Å²) in [5, 5.41) is 5.02. The van der Waals surface area contributed by atoms with E-state index in [-0.39, 0.29) is 48.5 Å². The highest BCUT2D eigenvalue weighted by atomic mass is 16.5. The minimum absolute atomic E-state index is 0.113. The number of esters is 1. The van der Waals surface area contributed by atoms with Gasteiger partial charge in [0.15, 0.2) is 0 Å². The molecule has 2 atom stereocenters. The maximum Gasteiger partial charge on any atom is 0.310 e. The number of benzene rings is 2. The number of fused-ring (bicyclic) bond motifs is 1. The second-order valence-electron chi connectivity index (χ2n) is 9.77. The molecule has 0 spiro atoms. The van der Waals surface area contributed by atoms with Gasteiger partial charge in [0.05, 0.1) is 25.5 Å². The van der Waals surface area contributed by atoms with Gasteiger partial charge >= 0.3 is 5.97 Å². The van der Waals surface area contributed by atoms with Crippen LogP contribution in [0.25, 0.3) is 10.8 Å². The number of amides is 3. The molecule has 1 saturated heterocycles. The Kier molecular flexibility index (Phi) is 9.44. The average molecular weight is 496 g/mol. The van der Waals surface area contributed by atoms with Gasteiger partial charge in [0.25, 0.3) is 0 Å². The normalized spacial score (nSPS) is 16.5. The lowest BCUT2D eigenvalue weighted by Gasteiger charge is -2.33. The molecule has 2 aromatic rings. The third kappa shape index (κ3) is 7.06. The molecule has 1 heterocycles. The fourth-order valence-electron chi connectivity index (χ4n) is 4.55. The summed E-state index contributed by atoms with van der Waals surface area (Å²) in [6, 6.07) is 13.1. The predicted molar refractivity (Wildman–Crippen MR) is 138 cm³/mol. The quantitative estimate of drug-likeness (QED) is 0.540. The van der Waals surface area contributed by atoms with Gasteiger partial charge in [-0.3, -0.25) is 19.2 Å². The predicted octanol–water partition coefficient (Wildman–Crippen LogP) is 2.78. The number of hydrogen-bond acceptors (Lipinski definition) is 5. The maximum atomic E-state index is 13.2. The van der Waals surface area contributed by atoms with Crippen LogP contribution in [0.1, 0.15) is 39.2 Å². The molecule has 1 N–H and O–H groups in total. The van der Waals surface area contributed by atoms with Gasteiger partial charge in [0, 0.05) is 20.1 Å². The zero-order chi connectivity index (χ0) is 26.2. The molecule has 0 aromatic heterocycles. The van der Waals surface area contributed by atoms with Crippen molar-refractivity contribution < 1.29 is 23.9 Å². The van der Waals surface area contributed by atoms with Crippen molar-refractivity contribution >= 4 is 34.5 Å². The number of likely N-dealkylation sites (tertiary alicyclic amines) is 1. The maximum absolute atomic E-state index is 13.2. The largest absolute Gasteiger partial charge is 0.466 e. The molecule has 0 saturated carbocycles. The minimum Gasteiger partial charge on any atom is -0.466 e. The summed E-state index contributed by atoms with van der Waals surface area (Å²) in [5.41, 5.74) is 0.867. The first-order valence-corrected chi connectivity index (χ1v) is 12.7. The van der Waals surface area contributed by atoms with Gasteiger partial charge in [-0.2, -0.15) is 0 Å². The molecular weight excluding hydrogens is 458 g/mol. The molecule has 0 radical (unpaired) electrons. The molecule has 3 amide bonds. The lowest BCUT2D eigenvalue weighted by Crippen LogP contribution is -2.53. The van der Waals surface area contributed by atoms with Crippen molar-refractivity contribution in [3.05, 3.63) is 48.0 Å². The van der Waals surface area contributed by atoms with E-state index in [1.165, 1.54) is 4.90 Å². The van der Waals surface area contributed by atoms with E-state index in [9.17, 15) is 19.2 Å². The van der Waals surface area contributed by atoms with Crippen molar-refractivity contribution in [2.75, 3.05) is 33.3 Å². The van der Waals surface area contributed by atoms with Gasteiger partial charge in [0.2, 0.25) is 17.7 Å². The van der Waals surface area contributed by atoms with Crippen LogP contribution in [-0.4, -0.2) is 72.8 Å². The Morgan fingerprint density at radius 2 is 1.83 bits per heavy atom. The third-order valence-electron chi connectivity index (χ3n) is 6.57. The van der Waals surface area contributed by atoms with Gasteiger partial charge in [0.1, 0.15) is 6.04 Å². The van der Waals surface area contributed by atoms with Crippen LogP contribution in [0.15, 0.2) is 42.5 Å². The van der Waals surface area contributed by atoms with E-state index in [1.807, 2.05) is 56.3 Å². The van der Waals surface area contributed by atoms with E-state index in [1.54, 1.807) is 18.9 Å². The van der Waals surface area contributed by atoms with Gasteiger partial charge in [-0.1, -0.05) is 56.3 Å². The molecule has 1 aliphatic heterocycles. The first-order chi connectivity index (χ1) is 17.2. The number of nitrogens with zero attached hydrogens (tertiary/aromatic N) is 2. The Balaban J connectivity index is 1.57. The number of likely N-dealkylation sites (N-methyl/N-ethyl adjacent to an activating group) is 1. The Morgan fingerprint density at radius 1 is 1.11 bits per heavy atom. The van der Waals surface area contributed by atoms with E-state index in [2.05, 4.69) is 5.32 Å². The highest BCUT2D eigenvalue weighted by Crippen LogP contribution is 2.19. The van der Waals surface area contributed by atoms with E-state index in [0.29, 0.717) is 32.5 Å². The summed E-state index contributed by atoms with van der Waals surface area (Å²) in [6.45, 7) is 6.53. The van der Waals surface area contributed by atoms with E-state index >= 15 is 0 Å². The molecule has 8 heteroatoms. The molecule has 0 bridgehead atoms. The van der Waals surface area contributed by atoms with Crippen molar-refractivity contribution in [3.63, 3.8) is 0 Å². The number of rotatable bonds is 9. The molecule has 2 aromatic carbocycles. The third-order valence-corrected chi connectivity index (χ3v) is 6.57. The number of hydrogen-bond donors (Lipinski definition) is 1. The molecule has 36 heavy (non-hydrogen) atoms. The Hall–Kier alpha value is -3.42. The number of nitrogens with one attached hydrogen (secondary N) is 1. The molecule has 0 aliphatic carbocycles. The molecule has 194 valence electrons. The van der Waals surface area contributed by atoms with Crippen molar-refractivity contribution in [3.8, 4) is 0 Å². The zero-order valence-corrected chi connectivity index (χ0v) is 21.7. The Morgan fingerprint density at radius 3 is 2.53 bits per heavy atom. The van der Waals surface area contributed by atoms with Crippen LogP contribution in [0.2, 0.25) is 0 Å². The molecule has 3 rings (SSSR count). The Labute approximate surface area is 213 Å². The van der Waals surface area contributed by atoms with Gasteiger partial charge in [-0.25, -0.2) is 0 Å². The molecular formula is C28H37N3O5. The average Bonchev–Trinajstić information content (AvgIpc) is 2.86. The highest BCUT2D eigenvalue weighted by Gasteiger charge is 2.32. The fourth-order valence-corrected chi connectivity index (χ4v) is 4.55. The monoisotopic (exact) mass is 495 g/mol. The first-order valence-electron chi connectivity index (χ1n) is 12.7. The summed E-state index contributed by atoms with van der Waals surface area (Å²) >= 11 is 0. The van der Waals surface area contributed by atoms with Gasteiger partial charge in [-0.15, -0.1) is 0 Å². The van der Waals surface area contributed by atoms with E-state index < -0.39 is 6.04 Å². The van der Waals surface area contributed by atoms with Crippen LogP contribution >= 0.6 is 0 Å². The van der Waals surface area contributed by atoms with Crippen LogP contribution < -0.4 is 5.32 Å². The SMILES string of the molecule is CCOC(=O)C1CCCN(C(=O)CN(C)C(=O)C(NC(=O)Cc2ccc3ccccc3c2)C(C)C)C1. The topological polar surface area (TPSA) is 96.0 Å². The van der Waals surface area contributed by atoms with Crippen molar-refractivity contribution in [1.29, 1.82) is 0 Å². The fraction of sp³-hybridized carbons (Fsp3) is 0.500. The smallest absolute Gasteiger partial charge is 0.310 e. The minimum atomic E-state index is -0.746. The molecule has 2 unspecified atom stereocenters. The molecule has 1 aliphatic rings. The van der Waals surface area contributed by atoms with E-state index in [4.69, 9.17) is 4.74 Å². The lowest BCUT2D eigenvalue weighted by atomic mass is 9.98. The molecule has 1 fully saturated rings. The van der Waals surface area contributed by atoms with Crippen LogP contribution in [0, 0.1) is 11.8 Å². The number of carbonyl (C=O) groups excluding carboxylic acids is 4. The summed E-state index contributed by atoms with van der Waals surface area (Å²) < 4.78 is 5.11. The van der Waals surface area contributed by atoms with Crippen molar-refractivity contribution in [2.45, 2.75) is 46.1 Å². The standard InChI is InChI=1S/C28H37N3O5/c1-5-36-28(35)23-11-8-14-31(17-23)25(33)18-30(4)27(34)26(19(2)3)29-24(32)16-20-12-13-21-9-6-7-10-22(21)15-20/h6-7,9-10,12-13,15,19,23,26H,5,8,11,14,16-18H2,1-4H3,(H,29,32). The second-order valence-corrected chi connectivity index (χ2v) is 9.77. The van der Waals surface area contributed by atoms with Gasteiger partial charge < -0.3 is 19.9 Å². The number of carbonyl (C=O) groups is 4. The van der Waals surface area contributed by atoms with Crippen LogP contribution in [0.3, 0.4) is 0 Å². The van der Waals surface area contributed by atoms with Crippen molar-refractivity contribution in [2.24, 2.45) is 11.8 Å². The number of ether oxygens (including phenoxy) is 1. The molecule has 8 nitrogen and oxygen atoms in total. The first kappa shape index (κ1) is 27.2. The van der Waals surface area contributed by atoms with Crippen molar-refractivity contribution in [1.82, 2.24) is 15.1 Å². The zero-order valence-electron chi connectivity index (χ0n) is 21.7. The van der Waals surface area contributed by atoms with Crippen LogP contribution in [0.5, 0.6) is 0 Å². The Bertz CT molecular complexity index is 1100. The second kappa shape index (κ2) is 12.5. The van der Waals surface area contributed by atoms with Crippen LogP contribution in [-0.2, 0) is 30.3 Å². The summed E-state index contributed by atoms with van der Waals surface area (Å²) in [6.07, 6.45) is 1.56. The summed E-state index contributed by atoms with van der Waals surface area (Å²) in [7, 11) is 1.57. The van der Waals surface area contributed by atoms with Gasteiger partial charge in [-0.05, 0) is 42.0 Å². The summed E-state index contributed by atoms with van der Waals surface area (Å²) in [5.74, 6) is -1.55. The lowest BCUT2D eigenvalue weighted by molar-refractivity contribution is -0.152. The summed E-state index contributed by atoms with van der Waals surface area (Å²) in [4.78, 5) is 54.0.